The largest absolute Gasteiger partial charge is 0.550 e. The molecule has 0 unspecified atom stereocenters. The van der Waals surface area contributed by atoms with Gasteiger partial charge in [-0.15, -0.1) is 0 Å². The Bertz CT molecular complexity index is 555. The lowest BCUT2D eigenvalue weighted by molar-refractivity contribution is -0.312. The topological polar surface area (TPSA) is 77.5 Å². The molecule has 1 aliphatic heterocycles. The van der Waals surface area contributed by atoms with Crippen LogP contribution < -0.4 is 5.11 Å². The second-order valence-electron chi connectivity index (χ2n) is 8.05. The molecule has 3 atom stereocenters. The van der Waals surface area contributed by atoms with E-state index in [1.54, 1.807) is 4.90 Å². The standard InChI is InChI=1S/C17H25NO4/c1-15(2)16(3)6-7-17(15,9-12(16)19)14(22)18-8-4-5-11(10-18)13(20)21/h11H,4-10H2,1-3H3,(H,20,21)/p-1/t11-,16+,17+/m1/s1. The Kier molecular flexibility index (Phi) is 3.21. The fourth-order valence-corrected chi connectivity index (χ4v) is 4.99. The van der Waals surface area contributed by atoms with E-state index in [1.165, 1.54) is 0 Å². The van der Waals surface area contributed by atoms with Crippen molar-refractivity contribution in [2.75, 3.05) is 13.1 Å². The number of hydrogen-bond donors (Lipinski definition) is 0. The third-order valence-electron chi connectivity index (χ3n) is 7.16. The van der Waals surface area contributed by atoms with E-state index in [4.69, 9.17) is 0 Å². The maximum atomic E-state index is 13.2. The Morgan fingerprint density at radius 1 is 1.23 bits per heavy atom. The number of likely N-dealkylation sites (tertiary alicyclic amines) is 1. The molecule has 22 heavy (non-hydrogen) atoms. The van der Waals surface area contributed by atoms with E-state index in [-0.39, 0.29) is 23.7 Å². The number of fused-ring (bicyclic) bond motifs is 2. The summed E-state index contributed by atoms with van der Waals surface area (Å²) < 4.78 is 0. The number of carbonyl (C=O) groups excluding carboxylic acids is 3. The molecule has 122 valence electrons. The number of aliphatic carboxylic acids is 1. The molecule has 5 nitrogen and oxygen atoms in total. The minimum Gasteiger partial charge on any atom is -0.550 e. The van der Waals surface area contributed by atoms with Gasteiger partial charge in [-0.2, -0.15) is 0 Å². The molecule has 3 fully saturated rings. The number of carbonyl (C=O) groups is 3. The molecule has 2 saturated carbocycles. The van der Waals surface area contributed by atoms with Crippen LogP contribution in [0.3, 0.4) is 0 Å². The summed E-state index contributed by atoms with van der Waals surface area (Å²) in [6, 6.07) is 0. The van der Waals surface area contributed by atoms with Gasteiger partial charge in [-0.1, -0.05) is 20.8 Å². The molecule has 2 aliphatic carbocycles. The molecular weight excluding hydrogens is 282 g/mol. The normalized spacial score (nSPS) is 40.0. The van der Waals surface area contributed by atoms with Crippen molar-refractivity contribution in [1.82, 2.24) is 4.90 Å². The van der Waals surface area contributed by atoms with Crippen LogP contribution in [-0.4, -0.2) is 35.6 Å². The van der Waals surface area contributed by atoms with Crippen LogP contribution in [-0.2, 0) is 14.4 Å². The predicted molar refractivity (Wildman–Crippen MR) is 77.5 cm³/mol. The Morgan fingerprint density at radius 3 is 2.41 bits per heavy atom. The molecule has 3 rings (SSSR count). The van der Waals surface area contributed by atoms with Crippen LogP contribution in [0, 0.1) is 22.2 Å². The van der Waals surface area contributed by atoms with Gasteiger partial charge < -0.3 is 14.8 Å². The molecule has 1 saturated heterocycles. The van der Waals surface area contributed by atoms with Gasteiger partial charge in [-0.25, -0.2) is 0 Å². The minimum absolute atomic E-state index is 0.0157. The van der Waals surface area contributed by atoms with Crippen molar-refractivity contribution in [3.05, 3.63) is 0 Å². The summed E-state index contributed by atoms with van der Waals surface area (Å²) >= 11 is 0. The van der Waals surface area contributed by atoms with Gasteiger partial charge in [0.15, 0.2) is 0 Å². The lowest BCUT2D eigenvalue weighted by Gasteiger charge is -2.43. The predicted octanol–water partition coefficient (Wildman–Crippen LogP) is 0.760. The van der Waals surface area contributed by atoms with Gasteiger partial charge >= 0.3 is 0 Å². The highest BCUT2D eigenvalue weighted by molar-refractivity contribution is 5.99. The molecule has 0 aromatic heterocycles. The first-order valence-electron chi connectivity index (χ1n) is 8.19. The molecule has 1 amide bonds. The van der Waals surface area contributed by atoms with Crippen molar-refractivity contribution in [1.29, 1.82) is 0 Å². The van der Waals surface area contributed by atoms with E-state index >= 15 is 0 Å². The van der Waals surface area contributed by atoms with Crippen LogP contribution in [0.25, 0.3) is 0 Å². The van der Waals surface area contributed by atoms with Crippen molar-refractivity contribution < 1.29 is 19.5 Å². The monoisotopic (exact) mass is 306 g/mol. The fraction of sp³-hybridized carbons (Fsp3) is 0.824. The summed E-state index contributed by atoms with van der Waals surface area (Å²) in [4.78, 5) is 38.5. The second-order valence-corrected chi connectivity index (χ2v) is 8.05. The van der Waals surface area contributed by atoms with Gasteiger partial charge in [0.05, 0.1) is 5.41 Å². The van der Waals surface area contributed by atoms with Gasteiger partial charge in [0.25, 0.3) is 0 Å². The first-order valence-corrected chi connectivity index (χ1v) is 8.19. The SMILES string of the molecule is CC1(C)[C@@]2(C(=O)N3CCC[C@@H](C(=O)[O-])C3)CC[C@@]1(C)C(=O)C2. The number of amides is 1. The Hall–Kier alpha value is -1.39. The maximum Gasteiger partial charge on any atom is 0.229 e. The molecule has 5 heteroatoms. The molecule has 0 spiro atoms. The Balaban J connectivity index is 1.89. The highest BCUT2D eigenvalue weighted by Crippen LogP contribution is 2.71. The summed E-state index contributed by atoms with van der Waals surface area (Å²) in [6.07, 6.45) is 3.04. The van der Waals surface area contributed by atoms with Gasteiger partial charge in [0.2, 0.25) is 5.91 Å². The average Bonchev–Trinajstić information content (AvgIpc) is 2.77. The highest BCUT2D eigenvalue weighted by Gasteiger charge is 2.73. The molecule has 0 N–H and O–H groups in total. The second kappa shape index (κ2) is 4.56. The van der Waals surface area contributed by atoms with Gasteiger partial charge in [-0.3, -0.25) is 9.59 Å². The van der Waals surface area contributed by atoms with E-state index in [9.17, 15) is 19.5 Å². The number of nitrogens with zero attached hydrogens (tertiary/aromatic N) is 1. The molecule has 0 aromatic carbocycles. The molecule has 0 radical (unpaired) electrons. The van der Waals surface area contributed by atoms with E-state index in [2.05, 4.69) is 0 Å². The van der Waals surface area contributed by atoms with Crippen molar-refractivity contribution in [2.45, 2.75) is 52.9 Å². The van der Waals surface area contributed by atoms with E-state index in [0.717, 1.165) is 12.8 Å². The molecule has 2 bridgehead atoms. The van der Waals surface area contributed by atoms with Crippen LogP contribution in [0.15, 0.2) is 0 Å². The number of carboxylic acid groups (broad SMARTS) is 1. The van der Waals surface area contributed by atoms with Gasteiger partial charge in [0, 0.05) is 36.8 Å². The van der Waals surface area contributed by atoms with Gasteiger partial charge in [0.1, 0.15) is 5.78 Å². The summed E-state index contributed by atoms with van der Waals surface area (Å²) in [5.74, 6) is -1.49. The number of ketones is 1. The molecule has 0 aromatic rings. The van der Waals surface area contributed by atoms with Crippen molar-refractivity contribution in [3.63, 3.8) is 0 Å². The number of Topliss-reactive ketones (excluding diaryl/α,β-unsaturated/α-hetero) is 1. The van der Waals surface area contributed by atoms with E-state index in [1.807, 2.05) is 20.8 Å². The van der Waals surface area contributed by atoms with Crippen molar-refractivity contribution in [2.24, 2.45) is 22.2 Å². The molecule has 1 heterocycles. The number of rotatable bonds is 2. The quantitative estimate of drug-likeness (QED) is 0.754. The average molecular weight is 306 g/mol. The number of carboxylic acids is 1. The maximum absolute atomic E-state index is 13.2. The minimum atomic E-state index is -1.08. The van der Waals surface area contributed by atoms with Crippen LogP contribution >= 0.6 is 0 Å². The number of piperidine rings is 1. The Morgan fingerprint density at radius 2 is 1.91 bits per heavy atom. The fourth-order valence-electron chi connectivity index (χ4n) is 4.99. The third-order valence-corrected chi connectivity index (χ3v) is 7.16. The zero-order valence-corrected chi connectivity index (χ0v) is 13.6. The lowest BCUT2D eigenvalue weighted by Crippen LogP contribution is -2.53. The van der Waals surface area contributed by atoms with E-state index < -0.39 is 22.7 Å². The van der Waals surface area contributed by atoms with Crippen LogP contribution in [0.4, 0.5) is 0 Å². The summed E-state index contributed by atoms with van der Waals surface area (Å²) in [5.41, 5.74) is -1.44. The number of hydrogen-bond acceptors (Lipinski definition) is 4. The first kappa shape index (κ1) is 15.5. The smallest absolute Gasteiger partial charge is 0.229 e. The van der Waals surface area contributed by atoms with Crippen molar-refractivity contribution >= 4 is 17.7 Å². The third kappa shape index (κ3) is 1.68. The lowest BCUT2D eigenvalue weighted by atomic mass is 9.64. The van der Waals surface area contributed by atoms with Crippen molar-refractivity contribution in [3.8, 4) is 0 Å². The van der Waals surface area contributed by atoms with E-state index in [0.29, 0.717) is 25.8 Å². The Labute approximate surface area is 131 Å². The first-order chi connectivity index (χ1) is 10.2. The summed E-state index contributed by atoms with van der Waals surface area (Å²) in [7, 11) is 0. The molecule has 3 aliphatic rings. The summed E-state index contributed by atoms with van der Waals surface area (Å²) in [6.45, 7) is 6.86. The summed E-state index contributed by atoms with van der Waals surface area (Å²) in [5, 5.41) is 11.1. The molecular formula is C17H24NO4-. The van der Waals surface area contributed by atoms with Crippen LogP contribution in [0.2, 0.25) is 0 Å². The zero-order valence-electron chi connectivity index (χ0n) is 13.6. The van der Waals surface area contributed by atoms with Gasteiger partial charge in [-0.05, 0) is 31.1 Å². The van der Waals surface area contributed by atoms with Crippen LogP contribution in [0.5, 0.6) is 0 Å². The highest BCUT2D eigenvalue weighted by atomic mass is 16.4. The van der Waals surface area contributed by atoms with Crippen LogP contribution in [0.1, 0.15) is 52.9 Å². The zero-order chi connectivity index (χ0) is 16.3.